The Labute approximate surface area is 168 Å². The molecule has 2 aliphatic rings. The molecule has 0 unspecified atom stereocenters. The van der Waals surface area contributed by atoms with Gasteiger partial charge < -0.3 is 10.2 Å². The molecule has 1 saturated heterocycles. The summed E-state index contributed by atoms with van der Waals surface area (Å²) in [5.74, 6) is 1.71. The molecule has 2 heterocycles. The molecule has 0 radical (unpaired) electrons. The van der Waals surface area contributed by atoms with E-state index < -0.39 is 0 Å². The van der Waals surface area contributed by atoms with Crippen LogP contribution in [0.1, 0.15) is 33.2 Å². The lowest BCUT2D eigenvalue weighted by atomic mass is 10.1. The molecule has 4 rings (SSSR count). The van der Waals surface area contributed by atoms with Crippen LogP contribution in [0.4, 0.5) is 5.69 Å². The van der Waals surface area contributed by atoms with Gasteiger partial charge in [0.1, 0.15) is 6.04 Å². The number of anilines is 1. The summed E-state index contributed by atoms with van der Waals surface area (Å²) in [5.41, 5.74) is 3.06. The Kier molecular flexibility index (Phi) is 5.03. The topological polar surface area (TPSA) is 49.4 Å². The minimum atomic E-state index is -0.381. The van der Waals surface area contributed by atoms with Gasteiger partial charge in [0.05, 0.1) is 5.88 Å². The summed E-state index contributed by atoms with van der Waals surface area (Å²) in [4.78, 5) is 30.3. The highest BCUT2D eigenvalue weighted by molar-refractivity contribution is 7.99. The number of rotatable bonds is 4. The Morgan fingerprint density at radius 3 is 2.70 bits per heavy atom. The van der Waals surface area contributed by atoms with Gasteiger partial charge in [-0.15, -0.1) is 23.1 Å². The van der Waals surface area contributed by atoms with E-state index in [4.69, 9.17) is 0 Å². The molecule has 6 heteroatoms. The molecule has 1 aliphatic carbocycles. The van der Waals surface area contributed by atoms with Crippen molar-refractivity contribution in [2.75, 3.05) is 16.9 Å². The van der Waals surface area contributed by atoms with Gasteiger partial charge in [0, 0.05) is 33.0 Å². The van der Waals surface area contributed by atoms with Gasteiger partial charge in [0.15, 0.2) is 0 Å². The number of carbonyl (C=O) groups excluding carboxylic acids is 2. The summed E-state index contributed by atoms with van der Waals surface area (Å²) in [6.07, 6.45) is 0.908. The van der Waals surface area contributed by atoms with Gasteiger partial charge in [-0.3, -0.25) is 9.59 Å². The van der Waals surface area contributed by atoms with Crippen LogP contribution in [0.25, 0.3) is 0 Å². The molecule has 1 aromatic carbocycles. The van der Waals surface area contributed by atoms with Gasteiger partial charge in [-0.2, -0.15) is 0 Å². The maximum absolute atomic E-state index is 13.0. The fourth-order valence-electron chi connectivity index (χ4n) is 3.63. The number of hydrogen-bond acceptors (Lipinski definition) is 4. The first-order chi connectivity index (χ1) is 13.0. The zero-order valence-electron chi connectivity index (χ0n) is 15.8. The van der Waals surface area contributed by atoms with E-state index in [0.717, 1.165) is 23.2 Å². The molecule has 1 N–H and O–H groups in total. The van der Waals surface area contributed by atoms with Gasteiger partial charge in [-0.25, -0.2) is 0 Å². The third-order valence-corrected chi connectivity index (χ3v) is 7.71. The lowest BCUT2D eigenvalue weighted by molar-refractivity contribution is -0.137. The molecular weight excluding hydrogens is 376 g/mol. The van der Waals surface area contributed by atoms with Gasteiger partial charge in [0.25, 0.3) is 0 Å². The summed E-state index contributed by atoms with van der Waals surface area (Å²) < 4.78 is 0. The van der Waals surface area contributed by atoms with Crippen molar-refractivity contribution in [2.45, 2.75) is 39.2 Å². The predicted molar refractivity (Wildman–Crippen MR) is 112 cm³/mol. The van der Waals surface area contributed by atoms with E-state index in [-0.39, 0.29) is 23.8 Å². The number of carbonyl (C=O) groups is 2. The summed E-state index contributed by atoms with van der Waals surface area (Å²) in [7, 11) is 0. The zero-order valence-corrected chi connectivity index (χ0v) is 17.5. The van der Waals surface area contributed by atoms with E-state index in [1.807, 2.05) is 32.0 Å². The molecule has 142 valence electrons. The van der Waals surface area contributed by atoms with Gasteiger partial charge >= 0.3 is 0 Å². The number of aryl methyl sites for hydroxylation is 2. The van der Waals surface area contributed by atoms with E-state index in [0.29, 0.717) is 17.5 Å². The Hall–Kier alpha value is -1.79. The van der Waals surface area contributed by atoms with Crippen molar-refractivity contribution in [1.82, 2.24) is 4.90 Å². The first kappa shape index (κ1) is 18.6. The molecule has 4 nitrogen and oxygen atoms in total. The fourth-order valence-corrected chi connectivity index (χ4v) is 5.85. The lowest BCUT2D eigenvalue weighted by Crippen LogP contribution is -2.45. The van der Waals surface area contributed by atoms with E-state index in [9.17, 15) is 9.59 Å². The van der Waals surface area contributed by atoms with Crippen molar-refractivity contribution < 1.29 is 9.59 Å². The summed E-state index contributed by atoms with van der Waals surface area (Å²) in [6.45, 7) is 6.14. The quantitative estimate of drug-likeness (QED) is 0.832. The highest BCUT2D eigenvalue weighted by atomic mass is 32.2. The monoisotopic (exact) mass is 400 g/mol. The summed E-state index contributed by atoms with van der Waals surface area (Å²) in [5, 5.41) is 3.04. The molecule has 2 fully saturated rings. The van der Waals surface area contributed by atoms with Crippen molar-refractivity contribution in [3.8, 4) is 0 Å². The molecule has 1 saturated carbocycles. The summed E-state index contributed by atoms with van der Waals surface area (Å²) in [6, 6.07) is 9.78. The van der Waals surface area contributed by atoms with Gasteiger partial charge in [-0.1, -0.05) is 12.1 Å². The third-order valence-electron chi connectivity index (χ3n) is 5.56. The number of nitrogens with zero attached hydrogens (tertiary/aromatic N) is 1. The fraction of sp³-hybridized carbons (Fsp3) is 0.429. The zero-order chi connectivity index (χ0) is 19.1. The molecular formula is C21H24N2O2S2. The average molecular weight is 401 g/mol. The van der Waals surface area contributed by atoms with E-state index in [1.165, 1.54) is 9.75 Å². The van der Waals surface area contributed by atoms with Crippen molar-refractivity contribution in [2.24, 2.45) is 5.92 Å². The predicted octanol–water partition coefficient (Wildman–Crippen LogP) is 4.32. The van der Waals surface area contributed by atoms with Crippen LogP contribution in [0.5, 0.6) is 0 Å². The first-order valence-corrected chi connectivity index (χ1v) is 11.2. The highest BCUT2D eigenvalue weighted by Gasteiger charge is 2.49. The van der Waals surface area contributed by atoms with Crippen molar-refractivity contribution >= 4 is 40.6 Å². The molecule has 2 amide bonds. The Morgan fingerprint density at radius 1 is 1.15 bits per heavy atom. The number of benzene rings is 1. The minimum absolute atomic E-state index is 0.0396. The smallest absolute Gasteiger partial charge is 0.248 e. The van der Waals surface area contributed by atoms with E-state index in [1.54, 1.807) is 28.0 Å². The van der Waals surface area contributed by atoms with Crippen LogP contribution in [-0.4, -0.2) is 34.4 Å². The van der Waals surface area contributed by atoms with Gasteiger partial charge in [-0.05, 0) is 56.5 Å². The highest BCUT2D eigenvalue weighted by Crippen LogP contribution is 2.51. The summed E-state index contributed by atoms with van der Waals surface area (Å²) >= 11 is 3.44. The van der Waals surface area contributed by atoms with Crippen LogP contribution in [0.15, 0.2) is 30.3 Å². The molecule has 27 heavy (non-hydrogen) atoms. The molecule has 1 aromatic heterocycles. The maximum Gasteiger partial charge on any atom is 0.248 e. The maximum atomic E-state index is 13.0. The number of thioether (sulfide) groups is 1. The molecule has 0 spiro atoms. The number of nitrogens with one attached hydrogen (secondary N) is 1. The second-order valence-electron chi connectivity index (χ2n) is 7.46. The second-order valence-corrected chi connectivity index (χ2v) is 9.78. The Morgan fingerprint density at radius 2 is 1.96 bits per heavy atom. The van der Waals surface area contributed by atoms with Crippen LogP contribution in [0.2, 0.25) is 0 Å². The van der Waals surface area contributed by atoms with Crippen molar-refractivity contribution in [3.05, 3.63) is 51.2 Å². The number of amides is 2. The Balaban J connectivity index is 1.43. The standard InChI is InChI=1S/C21H24N2O2S2/c1-12-5-4-6-17(14(12)3)22-20(24)18-10-26-11-23(18)21(25)16-9-15(16)19-8-7-13(2)27-19/h4-8,15-16,18H,9-11H2,1-3H3,(H,22,24)/t15-,16+,18+/m1/s1. The normalized spacial score (nSPS) is 24.1. The van der Waals surface area contributed by atoms with Crippen LogP contribution in [0.3, 0.4) is 0 Å². The molecule has 1 aliphatic heterocycles. The Bertz CT molecular complexity index is 892. The van der Waals surface area contributed by atoms with E-state index >= 15 is 0 Å². The van der Waals surface area contributed by atoms with Crippen molar-refractivity contribution in [1.29, 1.82) is 0 Å². The first-order valence-electron chi connectivity index (χ1n) is 9.27. The SMILES string of the molecule is Cc1ccc([C@@H]2C[C@@H]2C(=O)N2CSC[C@H]2C(=O)Nc2cccc(C)c2C)s1. The van der Waals surface area contributed by atoms with Gasteiger partial charge in [0.2, 0.25) is 11.8 Å². The van der Waals surface area contributed by atoms with Crippen LogP contribution < -0.4 is 5.32 Å². The lowest BCUT2D eigenvalue weighted by Gasteiger charge is -2.24. The average Bonchev–Trinajstić information content (AvgIpc) is 3.07. The van der Waals surface area contributed by atoms with Crippen LogP contribution in [-0.2, 0) is 9.59 Å². The molecule has 0 bridgehead atoms. The third kappa shape index (κ3) is 3.65. The largest absolute Gasteiger partial charge is 0.324 e. The molecule has 3 atom stereocenters. The van der Waals surface area contributed by atoms with Crippen LogP contribution >= 0.6 is 23.1 Å². The number of thiophene rings is 1. The minimum Gasteiger partial charge on any atom is -0.324 e. The van der Waals surface area contributed by atoms with Crippen molar-refractivity contribution in [3.63, 3.8) is 0 Å². The number of hydrogen-bond donors (Lipinski definition) is 1. The van der Waals surface area contributed by atoms with Crippen LogP contribution in [0, 0.1) is 26.7 Å². The molecule has 2 aromatic rings. The second kappa shape index (κ2) is 7.32. The van der Waals surface area contributed by atoms with E-state index in [2.05, 4.69) is 24.4 Å².